The number of unbranched alkanes of at least 4 members (excludes halogenated alkanes) is 2. The highest BCUT2D eigenvalue weighted by atomic mass is 32.2. The Morgan fingerprint density at radius 3 is 2.52 bits per heavy atom. The lowest BCUT2D eigenvalue weighted by Gasteiger charge is -2.22. The van der Waals surface area contributed by atoms with E-state index < -0.39 is 16.8 Å². The number of ether oxygens (including phenoxy) is 1. The third-order valence-corrected chi connectivity index (χ3v) is 6.55. The number of nitro groups is 1. The van der Waals surface area contributed by atoms with E-state index in [1.807, 2.05) is 37.3 Å². The number of hydrogen-bond donors (Lipinski definition) is 1. The molecule has 31 heavy (non-hydrogen) atoms. The summed E-state index contributed by atoms with van der Waals surface area (Å²) in [4.78, 5) is 23.4. The lowest BCUT2D eigenvalue weighted by Crippen LogP contribution is -2.25. The third kappa shape index (κ3) is 7.90. The standard InChI is InChI=1S/C24H31NO5S/c1-3-5-7-12-19(4-2)21(24(26)27)17-31-23-15-20(13-14-22(23)25(28)29)30-16-18-10-8-6-9-11-18/h6,8-11,13-15,19,21H,3-5,7,12,16-17H2,1-2H3,(H,26,27). The van der Waals surface area contributed by atoms with Crippen molar-refractivity contribution in [2.24, 2.45) is 11.8 Å². The van der Waals surface area contributed by atoms with Crippen LogP contribution in [0.5, 0.6) is 5.75 Å². The lowest BCUT2D eigenvalue weighted by molar-refractivity contribution is -0.387. The number of nitro benzene ring substituents is 1. The van der Waals surface area contributed by atoms with Crippen LogP contribution in [0, 0.1) is 22.0 Å². The molecule has 0 saturated carbocycles. The van der Waals surface area contributed by atoms with E-state index in [2.05, 4.69) is 6.92 Å². The molecule has 0 aliphatic rings. The predicted octanol–water partition coefficient (Wildman–Crippen LogP) is 6.57. The molecule has 2 aromatic carbocycles. The second-order valence-corrected chi connectivity index (χ2v) is 8.64. The summed E-state index contributed by atoms with van der Waals surface area (Å²) in [5.41, 5.74) is 0.971. The smallest absolute Gasteiger partial charge is 0.307 e. The summed E-state index contributed by atoms with van der Waals surface area (Å²) in [5.74, 6) is -0.495. The van der Waals surface area contributed by atoms with Crippen LogP contribution in [-0.2, 0) is 11.4 Å². The first-order valence-corrected chi connectivity index (χ1v) is 11.8. The Kier molecular flexibility index (Phi) is 10.4. The molecule has 7 heteroatoms. The van der Waals surface area contributed by atoms with Gasteiger partial charge in [0.05, 0.1) is 15.7 Å². The van der Waals surface area contributed by atoms with E-state index in [1.54, 1.807) is 12.1 Å². The van der Waals surface area contributed by atoms with E-state index in [0.717, 1.165) is 37.7 Å². The first-order valence-electron chi connectivity index (χ1n) is 10.8. The van der Waals surface area contributed by atoms with Crippen molar-refractivity contribution in [3.63, 3.8) is 0 Å². The van der Waals surface area contributed by atoms with Crippen LogP contribution in [0.2, 0.25) is 0 Å². The molecule has 0 amide bonds. The van der Waals surface area contributed by atoms with Crippen LogP contribution < -0.4 is 4.74 Å². The number of carboxylic acids is 1. The van der Waals surface area contributed by atoms with Gasteiger partial charge in [-0.15, -0.1) is 11.8 Å². The van der Waals surface area contributed by atoms with Gasteiger partial charge in [0.25, 0.3) is 5.69 Å². The number of benzene rings is 2. The maximum atomic E-state index is 11.9. The van der Waals surface area contributed by atoms with Crippen LogP contribution in [0.4, 0.5) is 5.69 Å². The van der Waals surface area contributed by atoms with Crippen molar-refractivity contribution in [1.82, 2.24) is 0 Å². The Morgan fingerprint density at radius 1 is 1.16 bits per heavy atom. The highest BCUT2D eigenvalue weighted by Gasteiger charge is 2.28. The Hall–Kier alpha value is -2.54. The quantitative estimate of drug-likeness (QED) is 0.153. The van der Waals surface area contributed by atoms with Gasteiger partial charge in [-0.05, 0) is 24.0 Å². The molecule has 0 bridgehead atoms. The molecule has 1 N–H and O–H groups in total. The molecule has 0 spiro atoms. The monoisotopic (exact) mass is 445 g/mol. The summed E-state index contributed by atoms with van der Waals surface area (Å²) >= 11 is 1.23. The van der Waals surface area contributed by atoms with E-state index >= 15 is 0 Å². The fourth-order valence-corrected chi connectivity index (χ4v) is 4.79. The van der Waals surface area contributed by atoms with E-state index in [1.165, 1.54) is 17.8 Å². The van der Waals surface area contributed by atoms with Crippen molar-refractivity contribution in [3.05, 3.63) is 64.2 Å². The van der Waals surface area contributed by atoms with Crippen LogP contribution >= 0.6 is 11.8 Å². The van der Waals surface area contributed by atoms with Gasteiger partial charge in [-0.3, -0.25) is 14.9 Å². The number of carboxylic acid groups (broad SMARTS) is 1. The van der Waals surface area contributed by atoms with Crippen LogP contribution in [-0.4, -0.2) is 21.8 Å². The molecule has 2 rings (SSSR count). The number of hydrogen-bond acceptors (Lipinski definition) is 5. The second kappa shape index (κ2) is 13.0. The summed E-state index contributed by atoms with van der Waals surface area (Å²) < 4.78 is 5.80. The fraction of sp³-hybridized carbons (Fsp3) is 0.458. The van der Waals surface area contributed by atoms with E-state index in [0.29, 0.717) is 23.0 Å². The zero-order valence-corrected chi connectivity index (χ0v) is 19.0. The topological polar surface area (TPSA) is 89.7 Å². The normalized spacial score (nSPS) is 12.8. The summed E-state index contributed by atoms with van der Waals surface area (Å²) in [6, 6.07) is 14.3. The average Bonchev–Trinajstić information content (AvgIpc) is 2.77. The predicted molar refractivity (Wildman–Crippen MR) is 124 cm³/mol. The van der Waals surface area contributed by atoms with Crippen molar-refractivity contribution in [1.29, 1.82) is 0 Å². The number of rotatable bonds is 14. The molecule has 2 unspecified atom stereocenters. The fourth-order valence-electron chi connectivity index (χ4n) is 3.53. The molecule has 0 aromatic heterocycles. The van der Waals surface area contributed by atoms with Crippen LogP contribution in [0.25, 0.3) is 0 Å². The molecule has 0 aliphatic carbocycles. The minimum Gasteiger partial charge on any atom is -0.489 e. The molecule has 2 aromatic rings. The molecule has 0 fully saturated rings. The average molecular weight is 446 g/mol. The maximum absolute atomic E-state index is 11.9. The van der Waals surface area contributed by atoms with Gasteiger partial charge in [0, 0.05) is 17.9 Å². The maximum Gasteiger partial charge on any atom is 0.307 e. The van der Waals surface area contributed by atoms with Crippen molar-refractivity contribution >= 4 is 23.4 Å². The largest absolute Gasteiger partial charge is 0.489 e. The highest BCUT2D eigenvalue weighted by Crippen LogP contribution is 2.36. The molecular weight excluding hydrogens is 414 g/mol. The van der Waals surface area contributed by atoms with Gasteiger partial charge in [-0.1, -0.05) is 69.9 Å². The zero-order chi connectivity index (χ0) is 22.6. The number of thioether (sulfide) groups is 1. The van der Waals surface area contributed by atoms with Gasteiger partial charge in [0.2, 0.25) is 0 Å². The van der Waals surface area contributed by atoms with Gasteiger partial charge in [-0.2, -0.15) is 0 Å². The van der Waals surface area contributed by atoms with Crippen molar-refractivity contribution in [2.45, 2.75) is 57.5 Å². The molecule has 0 heterocycles. The van der Waals surface area contributed by atoms with Crippen molar-refractivity contribution < 1.29 is 19.6 Å². The summed E-state index contributed by atoms with van der Waals surface area (Å²) in [6.07, 6.45) is 4.83. The van der Waals surface area contributed by atoms with Gasteiger partial charge in [-0.25, -0.2) is 0 Å². The molecule has 2 atom stereocenters. The minimum atomic E-state index is -0.838. The highest BCUT2D eigenvalue weighted by molar-refractivity contribution is 7.99. The Labute approximate surface area is 188 Å². The summed E-state index contributed by atoms with van der Waals surface area (Å²) in [7, 11) is 0. The second-order valence-electron chi connectivity index (χ2n) is 7.58. The summed E-state index contributed by atoms with van der Waals surface area (Å²) in [5, 5.41) is 21.3. The van der Waals surface area contributed by atoms with Crippen molar-refractivity contribution in [2.75, 3.05) is 5.75 Å². The Bertz CT molecular complexity index is 843. The van der Waals surface area contributed by atoms with Crippen LogP contribution in [0.1, 0.15) is 51.5 Å². The van der Waals surface area contributed by atoms with Crippen LogP contribution in [0.15, 0.2) is 53.4 Å². The van der Waals surface area contributed by atoms with E-state index in [9.17, 15) is 20.0 Å². The van der Waals surface area contributed by atoms with Gasteiger partial charge in [0.1, 0.15) is 12.4 Å². The third-order valence-electron chi connectivity index (χ3n) is 5.38. The SMILES string of the molecule is CCCCCC(CC)C(CSc1cc(OCc2ccccc2)ccc1[N+](=O)[O-])C(=O)O. The first-order chi connectivity index (χ1) is 15.0. The molecular formula is C24H31NO5S. The molecule has 6 nitrogen and oxygen atoms in total. The minimum absolute atomic E-state index is 0.0276. The number of aliphatic carboxylic acids is 1. The molecule has 0 saturated heterocycles. The lowest BCUT2D eigenvalue weighted by atomic mass is 9.87. The van der Waals surface area contributed by atoms with Crippen molar-refractivity contribution in [3.8, 4) is 5.75 Å². The first kappa shape index (κ1) is 24.7. The van der Waals surface area contributed by atoms with Gasteiger partial charge < -0.3 is 9.84 Å². The van der Waals surface area contributed by atoms with E-state index in [-0.39, 0.29) is 11.6 Å². The van der Waals surface area contributed by atoms with Gasteiger partial charge in [0.15, 0.2) is 0 Å². The molecule has 0 radical (unpaired) electrons. The van der Waals surface area contributed by atoms with Crippen LogP contribution in [0.3, 0.4) is 0 Å². The number of carbonyl (C=O) groups is 1. The molecule has 168 valence electrons. The zero-order valence-electron chi connectivity index (χ0n) is 18.2. The van der Waals surface area contributed by atoms with Gasteiger partial charge >= 0.3 is 5.97 Å². The Balaban J connectivity index is 2.12. The number of nitrogens with zero attached hydrogens (tertiary/aromatic N) is 1. The van der Waals surface area contributed by atoms with E-state index in [4.69, 9.17) is 4.74 Å². The Morgan fingerprint density at radius 2 is 1.90 bits per heavy atom. The molecule has 0 aliphatic heterocycles. The summed E-state index contributed by atoms with van der Waals surface area (Å²) in [6.45, 7) is 4.49.